The lowest BCUT2D eigenvalue weighted by Gasteiger charge is -2.09. The van der Waals surface area contributed by atoms with Gasteiger partial charge in [0.15, 0.2) is 5.82 Å². The van der Waals surface area contributed by atoms with Gasteiger partial charge in [-0.1, -0.05) is 30.3 Å². The first kappa shape index (κ1) is 17.7. The Bertz CT molecular complexity index is 1310. The largest absolute Gasteiger partial charge is 0.423 e. The molecule has 140 valence electrons. The zero-order valence-corrected chi connectivity index (χ0v) is 15.2. The van der Waals surface area contributed by atoms with Crippen molar-refractivity contribution in [1.82, 2.24) is 9.71 Å². The number of fused-ring (bicyclic) bond motifs is 1. The van der Waals surface area contributed by atoms with Crippen LogP contribution in [0.15, 0.2) is 88.6 Å². The summed E-state index contributed by atoms with van der Waals surface area (Å²) in [6, 6.07) is 20.3. The summed E-state index contributed by atoms with van der Waals surface area (Å²) < 4.78 is 30.3. The van der Waals surface area contributed by atoms with Gasteiger partial charge in [-0.2, -0.15) is 8.42 Å². The molecule has 7 nitrogen and oxygen atoms in total. The first-order valence-corrected chi connectivity index (χ1v) is 9.67. The monoisotopic (exact) mass is 394 g/mol. The molecule has 4 rings (SSSR count). The lowest BCUT2D eigenvalue weighted by atomic mass is 10.2. The molecule has 4 aromatic rings. The van der Waals surface area contributed by atoms with E-state index in [2.05, 4.69) is 4.98 Å². The van der Waals surface area contributed by atoms with Crippen LogP contribution in [0.2, 0.25) is 0 Å². The summed E-state index contributed by atoms with van der Waals surface area (Å²) in [5.74, 6) is 0.212. The van der Waals surface area contributed by atoms with Crippen LogP contribution < -0.4 is 9.74 Å². The van der Waals surface area contributed by atoms with Crippen LogP contribution in [0, 0.1) is 0 Å². The molecule has 0 spiro atoms. The molecule has 28 heavy (non-hydrogen) atoms. The molecule has 0 amide bonds. The number of aromatic nitrogens is 2. The highest BCUT2D eigenvalue weighted by molar-refractivity contribution is 7.87. The Morgan fingerprint density at radius 1 is 0.857 bits per heavy atom. The lowest BCUT2D eigenvalue weighted by molar-refractivity contribution is 0.178. The van der Waals surface area contributed by atoms with Crippen LogP contribution in [0.25, 0.3) is 22.3 Å². The molecule has 0 saturated heterocycles. The highest BCUT2D eigenvalue weighted by Crippen LogP contribution is 2.22. The zero-order valence-electron chi connectivity index (χ0n) is 14.4. The topological polar surface area (TPSA) is 98.5 Å². The summed E-state index contributed by atoms with van der Waals surface area (Å²) in [5.41, 5.74) is 0.200. The van der Waals surface area contributed by atoms with Gasteiger partial charge in [0.25, 0.3) is 5.56 Å². The van der Waals surface area contributed by atoms with Crippen molar-refractivity contribution in [1.29, 1.82) is 0 Å². The van der Waals surface area contributed by atoms with Crippen molar-refractivity contribution in [3.63, 3.8) is 0 Å². The molecule has 0 fully saturated rings. The molecular weight excluding hydrogens is 380 g/mol. The van der Waals surface area contributed by atoms with E-state index in [0.717, 1.165) is 0 Å². The second-order valence-electron chi connectivity index (χ2n) is 5.94. The van der Waals surface area contributed by atoms with Crippen molar-refractivity contribution in [2.45, 2.75) is 4.90 Å². The maximum Gasteiger partial charge on any atom is 0.339 e. The van der Waals surface area contributed by atoms with Crippen LogP contribution in [0.3, 0.4) is 0 Å². The number of hydrogen-bond donors (Lipinski definition) is 1. The summed E-state index contributed by atoms with van der Waals surface area (Å²) in [6.45, 7) is 0. The van der Waals surface area contributed by atoms with E-state index < -0.39 is 15.7 Å². The highest BCUT2D eigenvalue weighted by Gasteiger charge is 2.18. The average molecular weight is 394 g/mol. The fourth-order valence-corrected chi connectivity index (χ4v) is 3.66. The molecule has 0 aliphatic rings. The third-order valence-electron chi connectivity index (χ3n) is 4.10. The number of benzene rings is 3. The number of hydrogen-bond acceptors (Lipinski definition) is 6. The molecule has 0 saturated carbocycles. The SMILES string of the molecule is O=c1c2ccccc2nc(-c2ccc(S(=O)(=O)Oc3ccccc3)cc2)n1O. The van der Waals surface area contributed by atoms with Gasteiger partial charge >= 0.3 is 10.1 Å². The molecule has 8 heteroatoms. The van der Waals surface area contributed by atoms with E-state index in [-0.39, 0.29) is 21.9 Å². The molecule has 1 aromatic heterocycles. The smallest absolute Gasteiger partial charge is 0.339 e. The van der Waals surface area contributed by atoms with Gasteiger partial charge in [-0.3, -0.25) is 4.79 Å². The molecule has 3 aromatic carbocycles. The molecule has 0 aliphatic carbocycles. The van der Waals surface area contributed by atoms with Gasteiger partial charge in [0.05, 0.1) is 10.9 Å². The molecule has 0 radical (unpaired) electrons. The third kappa shape index (κ3) is 3.21. The molecule has 0 bridgehead atoms. The molecule has 0 unspecified atom stereocenters. The Morgan fingerprint density at radius 3 is 2.21 bits per heavy atom. The van der Waals surface area contributed by atoms with Gasteiger partial charge in [-0.15, -0.1) is 4.73 Å². The summed E-state index contributed by atoms with van der Waals surface area (Å²) in [4.78, 5) is 16.5. The van der Waals surface area contributed by atoms with E-state index in [9.17, 15) is 18.4 Å². The van der Waals surface area contributed by atoms with Crippen LogP contribution in [0.1, 0.15) is 0 Å². The Kier molecular flexibility index (Phi) is 4.32. The lowest BCUT2D eigenvalue weighted by Crippen LogP contribution is -2.21. The molecule has 1 N–H and O–H groups in total. The standard InChI is InChI=1S/C20H14N2O5S/c23-20-17-8-4-5-9-18(17)21-19(22(20)24)14-10-12-16(13-11-14)28(25,26)27-15-6-2-1-3-7-15/h1-13,24H. The molecule has 0 aliphatic heterocycles. The fraction of sp³-hybridized carbons (Fsp3) is 0. The molecule has 0 atom stereocenters. The van der Waals surface area contributed by atoms with Gasteiger partial charge in [0, 0.05) is 5.56 Å². The summed E-state index contributed by atoms with van der Waals surface area (Å²) >= 11 is 0. The number of nitrogens with zero attached hydrogens (tertiary/aromatic N) is 2. The van der Waals surface area contributed by atoms with Crippen molar-refractivity contribution in [3.8, 4) is 17.1 Å². The Balaban J connectivity index is 1.72. The minimum atomic E-state index is -4.02. The predicted molar refractivity (Wildman–Crippen MR) is 103 cm³/mol. The van der Waals surface area contributed by atoms with Crippen LogP contribution in [-0.4, -0.2) is 23.3 Å². The molecule has 1 heterocycles. The minimum absolute atomic E-state index is 0.0108. The van der Waals surface area contributed by atoms with Crippen LogP contribution in [0.4, 0.5) is 0 Å². The first-order valence-electron chi connectivity index (χ1n) is 8.27. The van der Waals surface area contributed by atoms with E-state index in [1.54, 1.807) is 42.5 Å². The summed E-state index contributed by atoms with van der Waals surface area (Å²) in [7, 11) is -4.02. The van der Waals surface area contributed by atoms with Gasteiger partial charge in [0.1, 0.15) is 10.6 Å². The van der Waals surface area contributed by atoms with Crippen molar-refractivity contribution in [2.75, 3.05) is 0 Å². The van der Waals surface area contributed by atoms with E-state index in [4.69, 9.17) is 4.18 Å². The van der Waals surface area contributed by atoms with Gasteiger partial charge in [0.2, 0.25) is 0 Å². The average Bonchev–Trinajstić information content (AvgIpc) is 2.71. The normalized spacial score (nSPS) is 11.4. The quantitative estimate of drug-likeness (QED) is 0.422. The second kappa shape index (κ2) is 6.82. The van der Waals surface area contributed by atoms with Crippen LogP contribution >= 0.6 is 0 Å². The Hall–Kier alpha value is -3.65. The summed E-state index contributed by atoms with van der Waals surface area (Å²) in [6.07, 6.45) is 0. The maximum absolute atomic E-state index is 12.4. The van der Waals surface area contributed by atoms with E-state index in [1.807, 2.05) is 0 Å². The highest BCUT2D eigenvalue weighted by atomic mass is 32.2. The maximum atomic E-state index is 12.4. The third-order valence-corrected chi connectivity index (χ3v) is 5.37. The zero-order chi connectivity index (χ0) is 19.7. The predicted octanol–water partition coefficient (Wildman–Crippen LogP) is 3.07. The molecular formula is C20H14N2O5S. The minimum Gasteiger partial charge on any atom is -0.423 e. The van der Waals surface area contributed by atoms with Crippen molar-refractivity contribution in [3.05, 3.63) is 89.2 Å². The van der Waals surface area contributed by atoms with Crippen molar-refractivity contribution >= 4 is 21.0 Å². The Morgan fingerprint density at radius 2 is 1.50 bits per heavy atom. The van der Waals surface area contributed by atoms with Crippen LogP contribution in [0.5, 0.6) is 5.75 Å². The Labute approximate surface area is 160 Å². The van der Waals surface area contributed by atoms with Gasteiger partial charge < -0.3 is 9.39 Å². The van der Waals surface area contributed by atoms with E-state index in [1.165, 1.54) is 36.4 Å². The number of rotatable bonds is 4. The van der Waals surface area contributed by atoms with E-state index in [0.29, 0.717) is 15.8 Å². The number of para-hydroxylation sites is 2. The van der Waals surface area contributed by atoms with Crippen LogP contribution in [-0.2, 0) is 10.1 Å². The van der Waals surface area contributed by atoms with E-state index >= 15 is 0 Å². The van der Waals surface area contributed by atoms with Crippen molar-refractivity contribution in [2.24, 2.45) is 0 Å². The summed E-state index contributed by atoms with van der Waals surface area (Å²) in [5, 5.41) is 10.5. The van der Waals surface area contributed by atoms with Gasteiger partial charge in [-0.25, -0.2) is 4.98 Å². The first-order chi connectivity index (χ1) is 13.5. The van der Waals surface area contributed by atoms with Gasteiger partial charge in [-0.05, 0) is 48.5 Å². The van der Waals surface area contributed by atoms with Crippen molar-refractivity contribution < 1.29 is 17.8 Å². The second-order valence-corrected chi connectivity index (χ2v) is 7.49. The fourth-order valence-electron chi connectivity index (χ4n) is 2.73.